The first-order chi connectivity index (χ1) is 12.5. The van der Waals surface area contributed by atoms with Crippen molar-refractivity contribution in [3.05, 3.63) is 0 Å². The summed E-state index contributed by atoms with van der Waals surface area (Å²) in [5.74, 6) is 0. The van der Waals surface area contributed by atoms with Gasteiger partial charge in [-0.25, -0.2) is 0 Å². The van der Waals surface area contributed by atoms with Crippen molar-refractivity contribution >= 4 is 0 Å². The van der Waals surface area contributed by atoms with Gasteiger partial charge < -0.3 is 0 Å². The summed E-state index contributed by atoms with van der Waals surface area (Å²) in [4.78, 5) is 0. The first-order valence-electron chi connectivity index (χ1n) is 12.5. The Balaban J connectivity index is 3.98. The predicted molar refractivity (Wildman–Crippen MR) is 127 cm³/mol. The Morgan fingerprint density at radius 2 is 0.741 bits per heavy atom. The maximum atomic E-state index is 2.58. The molecular weight excluding hydrogens is 324 g/mol. The average molecular weight is 381 g/mol. The van der Waals surface area contributed by atoms with Crippen molar-refractivity contribution in [1.29, 1.82) is 0 Å². The van der Waals surface area contributed by atoms with Crippen molar-refractivity contribution in [1.82, 2.24) is 0 Å². The molecule has 0 heteroatoms. The van der Waals surface area contributed by atoms with Gasteiger partial charge in [0.2, 0.25) is 0 Å². The van der Waals surface area contributed by atoms with E-state index in [1.54, 1.807) is 0 Å². The maximum absolute atomic E-state index is 2.58. The molecule has 0 fully saturated rings. The summed E-state index contributed by atoms with van der Waals surface area (Å²) in [6.07, 6.45) is 22.9. The minimum absolute atomic E-state index is 0.431. The van der Waals surface area contributed by atoms with Gasteiger partial charge in [0, 0.05) is 0 Å². The van der Waals surface area contributed by atoms with Crippen molar-refractivity contribution in [2.24, 2.45) is 16.2 Å². The van der Waals surface area contributed by atoms with Crippen LogP contribution >= 0.6 is 0 Å². The molecule has 0 amide bonds. The van der Waals surface area contributed by atoms with E-state index in [4.69, 9.17) is 0 Å². The van der Waals surface area contributed by atoms with Gasteiger partial charge in [-0.1, -0.05) is 139 Å². The number of hydrogen-bond donors (Lipinski definition) is 0. The molecule has 0 heterocycles. The summed E-state index contributed by atoms with van der Waals surface area (Å²) < 4.78 is 0. The summed E-state index contributed by atoms with van der Waals surface area (Å²) >= 11 is 0. The second-order valence-electron chi connectivity index (χ2n) is 11.9. The zero-order chi connectivity index (χ0) is 20.8. The maximum Gasteiger partial charge on any atom is -0.0277 e. The third kappa shape index (κ3) is 14.6. The zero-order valence-electron chi connectivity index (χ0n) is 20.8. The molecule has 0 aromatic carbocycles. The molecule has 0 spiro atoms. The molecule has 0 aliphatic carbocycles. The topological polar surface area (TPSA) is 0 Å². The largest absolute Gasteiger partial charge is 0.0654 e. The molecule has 1 unspecified atom stereocenters. The lowest BCUT2D eigenvalue weighted by molar-refractivity contribution is 0.0776. The van der Waals surface area contributed by atoms with Crippen LogP contribution in [-0.4, -0.2) is 0 Å². The van der Waals surface area contributed by atoms with Gasteiger partial charge in [0.05, 0.1) is 0 Å². The number of hydrogen-bond acceptors (Lipinski definition) is 0. The van der Waals surface area contributed by atoms with E-state index >= 15 is 0 Å². The van der Waals surface area contributed by atoms with Crippen molar-refractivity contribution in [3.8, 4) is 0 Å². The van der Waals surface area contributed by atoms with Crippen LogP contribution in [0.5, 0.6) is 0 Å². The van der Waals surface area contributed by atoms with Crippen molar-refractivity contribution < 1.29 is 0 Å². The van der Waals surface area contributed by atoms with E-state index in [0.717, 1.165) is 0 Å². The Bertz CT molecular complexity index is 327. The van der Waals surface area contributed by atoms with Gasteiger partial charge in [0.1, 0.15) is 0 Å². The Hall–Kier alpha value is 0. The van der Waals surface area contributed by atoms with Gasteiger partial charge in [-0.15, -0.1) is 0 Å². The fraction of sp³-hybridized carbons (Fsp3) is 1.00. The van der Waals surface area contributed by atoms with E-state index in [9.17, 15) is 0 Å². The molecule has 0 rings (SSSR count). The molecule has 0 aliphatic heterocycles. The molecule has 1 atom stereocenters. The average Bonchev–Trinajstić information content (AvgIpc) is 2.54. The highest BCUT2D eigenvalue weighted by molar-refractivity contribution is 4.86. The van der Waals surface area contributed by atoms with E-state index in [1.807, 2.05) is 0 Å². The molecule has 0 saturated heterocycles. The van der Waals surface area contributed by atoms with Gasteiger partial charge in [-0.3, -0.25) is 0 Å². The van der Waals surface area contributed by atoms with Crippen molar-refractivity contribution in [2.75, 3.05) is 0 Å². The van der Waals surface area contributed by atoms with Gasteiger partial charge in [0.15, 0.2) is 0 Å². The van der Waals surface area contributed by atoms with Crippen LogP contribution in [0.25, 0.3) is 0 Å². The lowest BCUT2D eigenvalue weighted by Crippen LogP contribution is -2.32. The van der Waals surface area contributed by atoms with Crippen LogP contribution in [0.2, 0.25) is 0 Å². The summed E-state index contributed by atoms with van der Waals surface area (Å²) in [6.45, 7) is 19.4. The molecule has 27 heavy (non-hydrogen) atoms. The fourth-order valence-corrected chi connectivity index (χ4v) is 4.22. The third-order valence-electron chi connectivity index (χ3n) is 7.05. The van der Waals surface area contributed by atoms with Crippen LogP contribution in [0.15, 0.2) is 0 Å². The van der Waals surface area contributed by atoms with Crippen LogP contribution in [0.3, 0.4) is 0 Å². The van der Waals surface area contributed by atoms with Gasteiger partial charge >= 0.3 is 0 Å². The standard InChI is InChI=1S/C27H56/c1-9-10-11-12-13-14-17-20-23-27(8,26(5,6)7)24-21-18-15-16-19-22-25(2,3)4/h9-24H2,1-8H3. The number of rotatable bonds is 16. The lowest BCUT2D eigenvalue weighted by atomic mass is 9.63. The highest BCUT2D eigenvalue weighted by atomic mass is 14.4. The van der Waals surface area contributed by atoms with Crippen LogP contribution in [0.1, 0.15) is 158 Å². The molecule has 0 N–H and O–H groups in total. The molecule has 164 valence electrons. The van der Waals surface area contributed by atoms with Gasteiger partial charge in [-0.2, -0.15) is 0 Å². The highest BCUT2D eigenvalue weighted by Gasteiger charge is 2.35. The monoisotopic (exact) mass is 380 g/mol. The molecule has 0 aliphatic rings. The quantitative estimate of drug-likeness (QED) is 0.233. The van der Waals surface area contributed by atoms with E-state index in [2.05, 4.69) is 55.4 Å². The summed E-state index contributed by atoms with van der Waals surface area (Å²) in [5.41, 5.74) is 1.46. The van der Waals surface area contributed by atoms with Gasteiger partial charge in [0.25, 0.3) is 0 Å². The molecule has 0 nitrogen and oxygen atoms in total. The van der Waals surface area contributed by atoms with Crippen LogP contribution in [-0.2, 0) is 0 Å². The van der Waals surface area contributed by atoms with Crippen LogP contribution in [0.4, 0.5) is 0 Å². The Morgan fingerprint density at radius 3 is 1.07 bits per heavy atom. The lowest BCUT2D eigenvalue weighted by Gasteiger charge is -2.43. The first kappa shape index (κ1) is 27.0. The van der Waals surface area contributed by atoms with E-state index in [1.165, 1.54) is 103 Å². The minimum Gasteiger partial charge on any atom is -0.0654 e. The third-order valence-corrected chi connectivity index (χ3v) is 7.05. The SMILES string of the molecule is CCCCCCCCCCC(C)(CCCCCCCC(C)(C)C)C(C)(C)C. The predicted octanol–water partition coefficient (Wildman–Crippen LogP) is 10.3. The second-order valence-corrected chi connectivity index (χ2v) is 11.9. The van der Waals surface area contributed by atoms with E-state index in [-0.39, 0.29) is 0 Å². The summed E-state index contributed by atoms with van der Waals surface area (Å²) in [7, 11) is 0. The Morgan fingerprint density at radius 1 is 0.407 bits per heavy atom. The Kier molecular flexibility index (Phi) is 14.1. The van der Waals surface area contributed by atoms with Crippen LogP contribution < -0.4 is 0 Å². The minimum atomic E-state index is 0.431. The highest BCUT2D eigenvalue weighted by Crippen LogP contribution is 2.46. The fourth-order valence-electron chi connectivity index (χ4n) is 4.22. The zero-order valence-corrected chi connectivity index (χ0v) is 20.8. The molecule has 0 aromatic rings. The van der Waals surface area contributed by atoms with Crippen molar-refractivity contribution in [3.63, 3.8) is 0 Å². The normalized spacial score (nSPS) is 15.1. The smallest absolute Gasteiger partial charge is 0.0277 e. The van der Waals surface area contributed by atoms with Gasteiger partial charge in [-0.05, 0) is 35.5 Å². The molecule has 0 saturated carbocycles. The summed E-state index contributed by atoms with van der Waals surface area (Å²) in [5, 5.41) is 0. The molecular formula is C27H56. The van der Waals surface area contributed by atoms with E-state index in [0.29, 0.717) is 16.2 Å². The van der Waals surface area contributed by atoms with Crippen molar-refractivity contribution in [2.45, 2.75) is 158 Å². The molecule has 0 aromatic heterocycles. The Labute approximate surface area is 174 Å². The number of unbranched alkanes of at least 4 members (excludes halogenated alkanes) is 11. The first-order valence-corrected chi connectivity index (χ1v) is 12.5. The second kappa shape index (κ2) is 14.1. The van der Waals surface area contributed by atoms with Crippen LogP contribution in [0, 0.1) is 16.2 Å². The molecule has 0 radical (unpaired) electrons. The summed E-state index contributed by atoms with van der Waals surface area (Å²) in [6, 6.07) is 0. The van der Waals surface area contributed by atoms with E-state index < -0.39 is 0 Å². The molecule has 0 bridgehead atoms.